The lowest BCUT2D eigenvalue weighted by Crippen LogP contribution is -2.06. The van der Waals surface area contributed by atoms with Gasteiger partial charge in [0.25, 0.3) is 0 Å². The molecule has 0 N–H and O–H groups in total. The molecule has 14 heavy (non-hydrogen) atoms. The van der Waals surface area contributed by atoms with E-state index in [9.17, 15) is 13.6 Å². The van der Waals surface area contributed by atoms with Crippen LogP contribution in [0.4, 0.5) is 13.6 Å². The van der Waals surface area contributed by atoms with Crippen LogP contribution in [0.1, 0.15) is 26.7 Å². The molecule has 0 aromatic heterocycles. The molecule has 0 rings (SSSR count). The van der Waals surface area contributed by atoms with Crippen molar-refractivity contribution in [3.8, 4) is 0 Å². The molecule has 80 valence electrons. The van der Waals surface area contributed by atoms with Gasteiger partial charge in [-0.15, -0.1) is 0 Å². The van der Waals surface area contributed by atoms with Gasteiger partial charge < -0.3 is 9.47 Å². The Morgan fingerprint density at radius 3 is 1.64 bits per heavy atom. The summed E-state index contributed by atoms with van der Waals surface area (Å²) in [5.41, 5.74) is 0. The van der Waals surface area contributed by atoms with Crippen molar-refractivity contribution in [2.24, 2.45) is 0 Å². The van der Waals surface area contributed by atoms with E-state index in [2.05, 4.69) is 9.47 Å². The summed E-state index contributed by atoms with van der Waals surface area (Å²) in [6.07, 6.45) is -0.391. The van der Waals surface area contributed by atoms with Crippen molar-refractivity contribution in [3.05, 3.63) is 24.2 Å². The van der Waals surface area contributed by atoms with Gasteiger partial charge in [0.2, 0.25) is 0 Å². The average molecular weight is 206 g/mol. The first-order valence-electron chi connectivity index (χ1n) is 4.16. The fourth-order valence-corrected chi connectivity index (χ4v) is 0.578. The second-order valence-electron chi connectivity index (χ2n) is 2.31. The Bertz CT molecular complexity index is 222. The molecule has 0 aliphatic rings. The molecule has 0 saturated heterocycles. The molecule has 0 heterocycles. The summed E-state index contributed by atoms with van der Waals surface area (Å²) in [5.74, 6) is -0.325. The van der Waals surface area contributed by atoms with E-state index in [4.69, 9.17) is 0 Å². The first-order valence-corrected chi connectivity index (χ1v) is 4.16. The van der Waals surface area contributed by atoms with Gasteiger partial charge in [-0.2, -0.15) is 0 Å². The van der Waals surface area contributed by atoms with E-state index in [1.807, 2.05) is 0 Å². The average Bonchev–Trinajstić information content (AvgIpc) is 2.22. The van der Waals surface area contributed by atoms with Crippen LogP contribution >= 0.6 is 0 Å². The maximum atomic E-state index is 11.9. The summed E-state index contributed by atoms with van der Waals surface area (Å²) in [6, 6.07) is 0. The van der Waals surface area contributed by atoms with E-state index >= 15 is 0 Å². The van der Waals surface area contributed by atoms with Crippen LogP contribution in [0.2, 0.25) is 0 Å². The van der Waals surface area contributed by atoms with Gasteiger partial charge in [0.05, 0.1) is 0 Å². The van der Waals surface area contributed by atoms with Crippen molar-refractivity contribution >= 4 is 6.16 Å². The van der Waals surface area contributed by atoms with Crippen molar-refractivity contribution in [3.63, 3.8) is 0 Å². The van der Waals surface area contributed by atoms with Crippen LogP contribution in [0.5, 0.6) is 0 Å². The van der Waals surface area contributed by atoms with Gasteiger partial charge in [0, 0.05) is 12.8 Å². The maximum Gasteiger partial charge on any atom is 0.518 e. The Morgan fingerprint density at radius 1 is 1.07 bits per heavy atom. The minimum absolute atomic E-state index is 0.159. The van der Waals surface area contributed by atoms with E-state index in [-0.39, 0.29) is 37.0 Å². The van der Waals surface area contributed by atoms with E-state index in [0.29, 0.717) is 0 Å². The number of allylic oxidation sites excluding steroid dienone is 2. The van der Waals surface area contributed by atoms with Crippen molar-refractivity contribution in [1.29, 1.82) is 0 Å². The maximum absolute atomic E-state index is 11.9. The number of halogens is 2. The Labute approximate surface area is 81.0 Å². The second kappa shape index (κ2) is 7.06. The molecule has 0 spiro atoms. The number of rotatable bonds is 4. The van der Waals surface area contributed by atoms with Crippen LogP contribution in [0.3, 0.4) is 0 Å². The lowest BCUT2D eigenvalue weighted by Gasteiger charge is -2.06. The Morgan fingerprint density at radius 2 is 1.43 bits per heavy atom. The first-order chi connectivity index (χ1) is 6.67. The van der Waals surface area contributed by atoms with Crippen molar-refractivity contribution in [1.82, 2.24) is 0 Å². The Balaban J connectivity index is 4.10. The van der Waals surface area contributed by atoms with Gasteiger partial charge in [-0.25, -0.2) is 13.6 Å². The smallest absolute Gasteiger partial charge is 0.397 e. The highest BCUT2D eigenvalue weighted by Gasteiger charge is 2.09. The summed E-state index contributed by atoms with van der Waals surface area (Å²) in [5, 5.41) is 0. The van der Waals surface area contributed by atoms with E-state index in [1.54, 1.807) is 13.8 Å². The zero-order valence-corrected chi connectivity index (χ0v) is 8.05. The van der Waals surface area contributed by atoms with Gasteiger partial charge in [-0.1, -0.05) is 13.8 Å². The fourth-order valence-electron chi connectivity index (χ4n) is 0.578. The first kappa shape index (κ1) is 12.6. The molecule has 0 aliphatic carbocycles. The Hall–Kier alpha value is -1.39. The third-order valence-electron chi connectivity index (χ3n) is 1.37. The van der Waals surface area contributed by atoms with Crippen molar-refractivity contribution in [2.75, 3.05) is 0 Å². The summed E-state index contributed by atoms with van der Waals surface area (Å²) < 4.78 is 32.7. The highest BCUT2D eigenvalue weighted by atomic mass is 19.1. The largest absolute Gasteiger partial charge is 0.518 e. The van der Waals surface area contributed by atoms with E-state index in [1.165, 1.54) is 0 Å². The SMILES string of the molecule is CC/C(=C\F)OC(=O)O/C(=C/F)CC. The van der Waals surface area contributed by atoms with Gasteiger partial charge in [-0.05, 0) is 0 Å². The van der Waals surface area contributed by atoms with Gasteiger partial charge in [0.15, 0.2) is 0 Å². The standard InChI is InChI=1S/C9H12F2O3/c1-3-7(5-10)13-9(12)14-8(4-2)6-11/h5-6H,3-4H2,1-2H3/b7-5+,8-6+. The summed E-state index contributed by atoms with van der Waals surface area (Å²) in [6.45, 7) is 3.20. The highest BCUT2D eigenvalue weighted by molar-refractivity contribution is 5.62. The van der Waals surface area contributed by atoms with Crippen LogP contribution in [0.25, 0.3) is 0 Å². The lowest BCUT2D eigenvalue weighted by molar-refractivity contribution is 0.0957. The number of carbonyl (C=O) groups is 1. The number of hydrogen-bond donors (Lipinski definition) is 0. The predicted molar refractivity (Wildman–Crippen MR) is 46.5 cm³/mol. The molecular weight excluding hydrogens is 194 g/mol. The summed E-state index contributed by atoms with van der Waals surface area (Å²) >= 11 is 0. The molecule has 0 radical (unpaired) electrons. The van der Waals surface area contributed by atoms with Crippen LogP contribution < -0.4 is 0 Å². The second-order valence-corrected chi connectivity index (χ2v) is 2.31. The third-order valence-corrected chi connectivity index (χ3v) is 1.37. The van der Waals surface area contributed by atoms with Crippen LogP contribution in [0.15, 0.2) is 24.2 Å². The molecule has 3 nitrogen and oxygen atoms in total. The van der Waals surface area contributed by atoms with Crippen LogP contribution in [0, 0.1) is 0 Å². The molecule has 0 saturated carbocycles. The minimum Gasteiger partial charge on any atom is -0.397 e. The molecule has 0 fully saturated rings. The molecule has 0 aliphatic heterocycles. The Kier molecular flexibility index (Phi) is 6.36. The molecule has 5 heteroatoms. The highest BCUT2D eigenvalue weighted by Crippen LogP contribution is 2.09. The summed E-state index contributed by atoms with van der Waals surface area (Å²) in [4.78, 5) is 10.8. The predicted octanol–water partition coefficient (Wildman–Crippen LogP) is 3.58. The lowest BCUT2D eigenvalue weighted by atomic mass is 10.4. The van der Waals surface area contributed by atoms with Gasteiger partial charge in [0.1, 0.15) is 24.2 Å². The fraction of sp³-hybridized carbons (Fsp3) is 0.444. The van der Waals surface area contributed by atoms with Crippen LogP contribution in [-0.2, 0) is 9.47 Å². The minimum atomic E-state index is -1.14. The number of ether oxygens (including phenoxy) is 2. The molecule has 0 atom stereocenters. The number of carbonyl (C=O) groups excluding carboxylic acids is 1. The van der Waals surface area contributed by atoms with Gasteiger partial charge >= 0.3 is 6.16 Å². The molecule has 0 aromatic carbocycles. The number of hydrogen-bond acceptors (Lipinski definition) is 3. The zero-order valence-electron chi connectivity index (χ0n) is 8.05. The van der Waals surface area contributed by atoms with Crippen molar-refractivity contribution in [2.45, 2.75) is 26.7 Å². The monoisotopic (exact) mass is 206 g/mol. The summed E-state index contributed by atoms with van der Waals surface area (Å²) in [7, 11) is 0. The molecular formula is C9H12F2O3. The van der Waals surface area contributed by atoms with Crippen molar-refractivity contribution < 1.29 is 23.0 Å². The quantitative estimate of drug-likeness (QED) is 0.521. The third kappa shape index (κ3) is 4.59. The zero-order chi connectivity index (χ0) is 11.0. The van der Waals surface area contributed by atoms with Gasteiger partial charge in [-0.3, -0.25) is 0 Å². The molecule has 0 aromatic rings. The normalized spacial score (nSPS) is 12.6. The van der Waals surface area contributed by atoms with E-state index < -0.39 is 6.16 Å². The van der Waals surface area contributed by atoms with E-state index in [0.717, 1.165) is 0 Å². The topological polar surface area (TPSA) is 35.5 Å². The molecule has 0 amide bonds. The molecule has 0 bridgehead atoms. The molecule has 0 unspecified atom stereocenters. The van der Waals surface area contributed by atoms with Crippen LogP contribution in [-0.4, -0.2) is 6.16 Å².